The first-order chi connectivity index (χ1) is 12.8. The zero-order valence-corrected chi connectivity index (χ0v) is 16.9. The van der Waals surface area contributed by atoms with Gasteiger partial charge in [0.25, 0.3) is 10.0 Å². The van der Waals surface area contributed by atoms with Crippen LogP contribution in [0.4, 0.5) is 5.69 Å². The molecule has 0 radical (unpaired) electrons. The number of nitrogens with one attached hydrogen (secondary N) is 1. The summed E-state index contributed by atoms with van der Waals surface area (Å²) in [7, 11) is -3.82. The van der Waals surface area contributed by atoms with Gasteiger partial charge < -0.3 is 4.57 Å². The molecule has 0 atom stereocenters. The third-order valence-corrected chi connectivity index (χ3v) is 6.91. The van der Waals surface area contributed by atoms with Crippen LogP contribution in [0.5, 0.6) is 0 Å². The van der Waals surface area contributed by atoms with Crippen molar-refractivity contribution in [2.45, 2.75) is 31.2 Å². The van der Waals surface area contributed by atoms with Gasteiger partial charge in [0.2, 0.25) is 0 Å². The third-order valence-electron chi connectivity index (χ3n) is 4.66. The summed E-state index contributed by atoms with van der Waals surface area (Å²) >= 11 is 12.1. The number of aryl methyl sites for hydroxylation is 2. The molecule has 140 valence electrons. The Hall–Kier alpha value is -2.02. The predicted octanol–water partition coefficient (Wildman–Crippen LogP) is 4.91. The van der Waals surface area contributed by atoms with Gasteiger partial charge in [-0.25, -0.2) is 13.4 Å². The lowest BCUT2D eigenvalue weighted by Gasteiger charge is -2.12. The lowest BCUT2D eigenvalue weighted by Crippen LogP contribution is -2.13. The number of benzene rings is 2. The van der Waals surface area contributed by atoms with Gasteiger partial charge in [-0.05, 0) is 48.7 Å². The molecule has 5 nitrogen and oxygen atoms in total. The number of nitrogens with zero attached hydrogens (tertiary/aromatic N) is 2. The molecular formula is C19H17Cl2N3O2S. The number of fused-ring (bicyclic) bond motifs is 1. The predicted molar refractivity (Wildman–Crippen MR) is 108 cm³/mol. The molecule has 0 fully saturated rings. The average Bonchev–Trinajstić information content (AvgIpc) is 3.22. The Labute approximate surface area is 168 Å². The molecule has 0 spiro atoms. The van der Waals surface area contributed by atoms with Crippen LogP contribution in [0.2, 0.25) is 10.0 Å². The van der Waals surface area contributed by atoms with Crippen molar-refractivity contribution >= 4 is 38.9 Å². The first-order valence-electron chi connectivity index (χ1n) is 8.48. The number of hydrogen-bond acceptors (Lipinski definition) is 3. The topological polar surface area (TPSA) is 64.0 Å². The molecule has 27 heavy (non-hydrogen) atoms. The van der Waals surface area contributed by atoms with E-state index >= 15 is 0 Å². The van der Waals surface area contributed by atoms with Crippen LogP contribution >= 0.6 is 23.2 Å². The molecule has 4 rings (SSSR count). The Morgan fingerprint density at radius 3 is 2.59 bits per heavy atom. The zero-order chi connectivity index (χ0) is 19.2. The van der Waals surface area contributed by atoms with Crippen molar-refractivity contribution < 1.29 is 8.42 Å². The van der Waals surface area contributed by atoms with Crippen molar-refractivity contribution in [2.75, 3.05) is 4.72 Å². The summed E-state index contributed by atoms with van der Waals surface area (Å²) in [6.45, 7) is 2.70. The molecule has 0 amide bonds. The van der Waals surface area contributed by atoms with Crippen LogP contribution in [-0.2, 0) is 23.0 Å². The minimum atomic E-state index is -3.82. The Morgan fingerprint density at radius 2 is 1.85 bits per heavy atom. The van der Waals surface area contributed by atoms with Crippen molar-refractivity contribution in [1.82, 2.24) is 9.55 Å². The fraction of sp³-hybridized carbons (Fsp3) is 0.211. The molecule has 8 heteroatoms. The third kappa shape index (κ3) is 3.45. The highest BCUT2D eigenvalue weighted by atomic mass is 35.5. The Bertz CT molecular complexity index is 1120. The first-order valence-corrected chi connectivity index (χ1v) is 10.7. The van der Waals surface area contributed by atoms with E-state index in [-0.39, 0.29) is 9.92 Å². The van der Waals surface area contributed by atoms with E-state index in [0.29, 0.717) is 16.3 Å². The summed E-state index contributed by atoms with van der Waals surface area (Å²) in [5.41, 5.74) is 3.15. The number of sulfonamides is 1. The van der Waals surface area contributed by atoms with Gasteiger partial charge in [-0.15, -0.1) is 0 Å². The van der Waals surface area contributed by atoms with E-state index in [1.54, 1.807) is 19.1 Å². The fourth-order valence-corrected chi connectivity index (χ4v) is 5.14. The largest absolute Gasteiger partial charge is 0.328 e. The van der Waals surface area contributed by atoms with E-state index in [4.69, 9.17) is 23.2 Å². The van der Waals surface area contributed by atoms with Crippen LogP contribution in [0.3, 0.4) is 0 Å². The Morgan fingerprint density at radius 1 is 1.11 bits per heavy atom. The van der Waals surface area contributed by atoms with Crippen LogP contribution in [0.1, 0.15) is 17.8 Å². The summed E-state index contributed by atoms with van der Waals surface area (Å²) in [6, 6.07) is 10.1. The molecule has 0 bridgehead atoms. The second-order valence-electron chi connectivity index (χ2n) is 6.53. The summed E-state index contributed by atoms with van der Waals surface area (Å²) < 4.78 is 30.2. The molecular weight excluding hydrogens is 405 g/mol. The van der Waals surface area contributed by atoms with E-state index in [9.17, 15) is 8.42 Å². The first kappa shape index (κ1) is 18.3. The smallest absolute Gasteiger partial charge is 0.263 e. The van der Waals surface area contributed by atoms with Crippen LogP contribution in [0.15, 0.2) is 47.5 Å². The molecule has 1 aliphatic heterocycles. The van der Waals surface area contributed by atoms with Crippen molar-refractivity contribution in [2.24, 2.45) is 0 Å². The van der Waals surface area contributed by atoms with Gasteiger partial charge in [0.15, 0.2) is 0 Å². The standard InChI is InChI=1S/C19H17Cl2N3O2S/c1-12-9-18(16(21)10-15(12)20)27(25,26)23-14-6-4-13(5-7-14)17-11-22-19-3-2-8-24(17)19/h4-7,9-11,23H,2-3,8H2,1H3. The second-order valence-corrected chi connectivity index (χ2v) is 8.99. The molecule has 1 aromatic heterocycles. The molecule has 0 saturated heterocycles. The average molecular weight is 422 g/mol. The number of hydrogen-bond donors (Lipinski definition) is 1. The van der Waals surface area contributed by atoms with Gasteiger partial charge in [0.05, 0.1) is 16.9 Å². The maximum Gasteiger partial charge on any atom is 0.263 e. The molecule has 3 aromatic rings. The lowest BCUT2D eigenvalue weighted by atomic mass is 10.1. The molecule has 2 aromatic carbocycles. The number of imidazole rings is 1. The van der Waals surface area contributed by atoms with Crippen LogP contribution in [0, 0.1) is 6.92 Å². The van der Waals surface area contributed by atoms with Gasteiger partial charge in [0, 0.05) is 23.7 Å². The van der Waals surface area contributed by atoms with Gasteiger partial charge in [-0.3, -0.25) is 4.72 Å². The highest BCUT2D eigenvalue weighted by molar-refractivity contribution is 7.92. The quantitative estimate of drug-likeness (QED) is 0.650. The summed E-state index contributed by atoms with van der Waals surface area (Å²) in [5, 5.41) is 0.515. The summed E-state index contributed by atoms with van der Waals surface area (Å²) in [4.78, 5) is 4.45. The SMILES string of the molecule is Cc1cc(S(=O)(=O)Nc2ccc(-c3cnc4n3CCC4)cc2)c(Cl)cc1Cl. The highest BCUT2D eigenvalue weighted by Crippen LogP contribution is 2.30. The summed E-state index contributed by atoms with van der Waals surface area (Å²) in [5.74, 6) is 1.10. The van der Waals surface area contributed by atoms with Gasteiger partial charge >= 0.3 is 0 Å². The molecule has 0 aliphatic carbocycles. The van der Waals surface area contributed by atoms with E-state index in [0.717, 1.165) is 36.5 Å². The van der Waals surface area contributed by atoms with Crippen LogP contribution in [0.25, 0.3) is 11.3 Å². The second kappa shape index (κ2) is 6.86. The van der Waals surface area contributed by atoms with Crippen molar-refractivity contribution in [3.63, 3.8) is 0 Å². The number of rotatable bonds is 4. The number of halogens is 2. The van der Waals surface area contributed by atoms with Crippen LogP contribution < -0.4 is 4.72 Å². The van der Waals surface area contributed by atoms with E-state index in [2.05, 4.69) is 14.3 Å². The normalized spacial score (nSPS) is 13.6. The summed E-state index contributed by atoms with van der Waals surface area (Å²) in [6.07, 6.45) is 3.97. The van der Waals surface area contributed by atoms with Gasteiger partial charge in [0.1, 0.15) is 10.7 Å². The molecule has 0 saturated carbocycles. The van der Waals surface area contributed by atoms with E-state index < -0.39 is 10.0 Å². The molecule has 0 unspecified atom stereocenters. The van der Waals surface area contributed by atoms with Crippen molar-refractivity contribution in [3.05, 3.63) is 64.0 Å². The minimum Gasteiger partial charge on any atom is -0.328 e. The molecule has 1 N–H and O–H groups in total. The van der Waals surface area contributed by atoms with Crippen LogP contribution in [-0.4, -0.2) is 18.0 Å². The number of aromatic nitrogens is 2. The Balaban J connectivity index is 1.60. The van der Waals surface area contributed by atoms with Crippen molar-refractivity contribution in [1.29, 1.82) is 0 Å². The van der Waals surface area contributed by atoms with Crippen molar-refractivity contribution in [3.8, 4) is 11.3 Å². The van der Waals surface area contributed by atoms with E-state index in [1.165, 1.54) is 12.1 Å². The number of anilines is 1. The fourth-order valence-electron chi connectivity index (χ4n) is 3.24. The van der Waals surface area contributed by atoms with E-state index in [1.807, 2.05) is 18.3 Å². The Kier molecular flexibility index (Phi) is 4.66. The lowest BCUT2D eigenvalue weighted by molar-refractivity contribution is 0.601. The maximum atomic E-state index is 12.7. The maximum absolute atomic E-state index is 12.7. The van der Waals surface area contributed by atoms with Gasteiger partial charge in [-0.1, -0.05) is 35.3 Å². The zero-order valence-electron chi connectivity index (χ0n) is 14.5. The molecule has 1 aliphatic rings. The molecule has 2 heterocycles. The minimum absolute atomic E-state index is 0.00347. The monoisotopic (exact) mass is 421 g/mol. The highest BCUT2D eigenvalue weighted by Gasteiger charge is 2.20. The van der Waals surface area contributed by atoms with Gasteiger partial charge in [-0.2, -0.15) is 0 Å².